The Bertz CT molecular complexity index is 627. The summed E-state index contributed by atoms with van der Waals surface area (Å²) in [5, 5.41) is 9.79. The van der Waals surface area contributed by atoms with Crippen LogP contribution in [0, 0.1) is 6.92 Å². The molecule has 0 aliphatic carbocycles. The highest BCUT2D eigenvalue weighted by molar-refractivity contribution is 14.0. The lowest BCUT2D eigenvalue weighted by molar-refractivity contribution is 0.152. The molecule has 0 amide bonds. The number of nitrogens with zero attached hydrogens (tertiary/aromatic N) is 2. The van der Waals surface area contributed by atoms with Crippen LogP contribution in [0.4, 0.5) is 0 Å². The first-order valence-corrected chi connectivity index (χ1v) is 9.46. The van der Waals surface area contributed by atoms with E-state index in [1.807, 2.05) is 13.8 Å². The summed E-state index contributed by atoms with van der Waals surface area (Å²) in [4.78, 5) is 11.3. The predicted molar refractivity (Wildman–Crippen MR) is 115 cm³/mol. The van der Waals surface area contributed by atoms with Crippen LogP contribution in [0.25, 0.3) is 10.6 Å². The molecule has 0 aromatic carbocycles. The van der Waals surface area contributed by atoms with E-state index in [-0.39, 0.29) is 24.0 Å². The quantitative estimate of drug-likeness (QED) is 0.263. The first kappa shape index (κ1) is 21.3. The summed E-state index contributed by atoms with van der Waals surface area (Å²) in [6, 6.07) is 4.34. The zero-order valence-electron chi connectivity index (χ0n) is 14.3. The minimum Gasteiger partial charge on any atom is -0.380 e. The molecule has 5 nitrogen and oxygen atoms in total. The molecule has 2 aromatic heterocycles. The fourth-order valence-electron chi connectivity index (χ4n) is 2.04. The minimum atomic E-state index is 0. The van der Waals surface area contributed by atoms with Gasteiger partial charge in [0.2, 0.25) is 0 Å². The van der Waals surface area contributed by atoms with Gasteiger partial charge in [0.05, 0.1) is 22.2 Å². The number of rotatable bonds is 8. The van der Waals surface area contributed by atoms with Crippen molar-refractivity contribution >= 4 is 52.6 Å². The maximum atomic E-state index is 5.30. The molecule has 0 saturated heterocycles. The number of thiazole rings is 1. The smallest absolute Gasteiger partial charge is 0.191 e. The van der Waals surface area contributed by atoms with Gasteiger partial charge in [0.15, 0.2) is 5.96 Å². The Balaban J connectivity index is 0.00000288. The Labute approximate surface area is 169 Å². The highest BCUT2D eigenvalue weighted by atomic mass is 127. The largest absolute Gasteiger partial charge is 0.380 e. The summed E-state index contributed by atoms with van der Waals surface area (Å²) in [5.41, 5.74) is 1.09. The summed E-state index contributed by atoms with van der Waals surface area (Å²) in [7, 11) is 1.78. The van der Waals surface area contributed by atoms with Gasteiger partial charge in [0.1, 0.15) is 0 Å². The van der Waals surface area contributed by atoms with Gasteiger partial charge in [-0.3, -0.25) is 4.99 Å². The third kappa shape index (κ3) is 7.04. The van der Waals surface area contributed by atoms with Crippen LogP contribution >= 0.6 is 46.7 Å². The van der Waals surface area contributed by atoms with Gasteiger partial charge in [-0.25, -0.2) is 4.98 Å². The molecular formula is C16H25IN4OS2. The normalized spacial score (nSPS) is 11.2. The molecule has 0 aliphatic rings. The Hall–Kier alpha value is -0.710. The zero-order valence-corrected chi connectivity index (χ0v) is 18.3. The first-order valence-electron chi connectivity index (χ1n) is 7.76. The van der Waals surface area contributed by atoms with E-state index in [4.69, 9.17) is 4.74 Å². The second kappa shape index (κ2) is 11.8. The van der Waals surface area contributed by atoms with Crippen molar-refractivity contribution in [3.8, 4) is 10.6 Å². The van der Waals surface area contributed by atoms with Crippen molar-refractivity contribution in [1.29, 1.82) is 0 Å². The molecule has 2 heterocycles. The van der Waals surface area contributed by atoms with Gasteiger partial charge in [-0.15, -0.1) is 46.7 Å². The Morgan fingerprint density at radius 3 is 2.75 bits per heavy atom. The summed E-state index contributed by atoms with van der Waals surface area (Å²) >= 11 is 3.50. The molecule has 0 spiro atoms. The summed E-state index contributed by atoms with van der Waals surface area (Å²) in [5.74, 6) is 0.816. The molecule has 2 aromatic rings. The molecule has 0 unspecified atom stereocenters. The topological polar surface area (TPSA) is 58.5 Å². The number of ether oxygens (including phenoxy) is 1. The lowest BCUT2D eigenvalue weighted by Gasteiger charge is -2.11. The molecule has 2 N–H and O–H groups in total. The maximum absolute atomic E-state index is 5.30. The van der Waals surface area contributed by atoms with Gasteiger partial charge in [-0.2, -0.15) is 0 Å². The zero-order chi connectivity index (χ0) is 16.5. The van der Waals surface area contributed by atoms with Crippen LogP contribution in [0.5, 0.6) is 0 Å². The number of nitrogens with one attached hydrogen (secondary N) is 2. The number of aryl methyl sites for hydroxylation is 1. The third-order valence-corrected chi connectivity index (χ3v) is 5.10. The van der Waals surface area contributed by atoms with Gasteiger partial charge in [-0.05, 0) is 32.4 Å². The SMILES string of the molecule is CCOCCNC(=NC)NCCc1ccc(-c2csc(C)n2)s1.I. The lowest BCUT2D eigenvalue weighted by atomic mass is 10.3. The summed E-state index contributed by atoms with van der Waals surface area (Å²) in [6.45, 7) is 7.09. The molecule has 0 fully saturated rings. The standard InChI is InChI=1S/C16H24N4OS2.HI/c1-4-21-10-9-19-16(17-3)18-8-7-13-5-6-15(23-13)14-11-22-12(2)20-14;/h5-6,11H,4,7-10H2,1-3H3,(H2,17,18,19);1H. The average Bonchev–Trinajstić information content (AvgIpc) is 3.18. The van der Waals surface area contributed by atoms with Crippen molar-refractivity contribution in [2.75, 3.05) is 33.4 Å². The van der Waals surface area contributed by atoms with E-state index in [1.54, 1.807) is 29.7 Å². The van der Waals surface area contributed by atoms with Crippen molar-refractivity contribution < 1.29 is 4.74 Å². The number of hydrogen-bond donors (Lipinski definition) is 2. The molecule has 8 heteroatoms. The van der Waals surface area contributed by atoms with Gasteiger partial charge in [0.25, 0.3) is 0 Å². The lowest BCUT2D eigenvalue weighted by Crippen LogP contribution is -2.39. The second-order valence-corrected chi connectivity index (χ2v) is 7.12. The highest BCUT2D eigenvalue weighted by Crippen LogP contribution is 2.29. The van der Waals surface area contributed by atoms with Crippen LogP contribution in [0.3, 0.4) is 0 Å². The van der Waals surface area contributed by atoms with Crippen LogP contribution < -0.4 is 10.6 Å². The fraction of sp³-hybridized carbons (Fsp3) is 0.500. The molecule has 2 rings (SSSR count). The summed E-state index contributed by atoms with van der Waals surface area (Å²) in [6.07, 6.45) is 0.972. The van der Waals surface area contributed by atoms with Crippen LogP contribution in [-0.2, 0) is 11.2 Å². The molecule has 0 bridgehead atoms. The van der Waals surface area contributed by atoms with Gasteiger partial charge in [-0.1, -0.05) is 0 Å². The number of hydrogen-bond acceptors (Lipinski definition) is 5. The van der Waals surface area contributed by atoms with E-state index < -0.39 is 0 Å². The Morgan fingerprint density at radius 1 is 1.29 bits per heavy atom. The molecule has 0 radical (unpaired) electrons. The number of thiophene rings is 1. The number of halogens is 1. The van der Waals surface area contributed by atoms with Crippen molar-refractivity contribution in [3.63, 3.8) is 0 Å². The third-order valence-electron chi connectivity index (χ3n) is 3.16. The maximum Gasteiger partial charge on any atom is 0.191 e. The van der Waals surface area contributed by atoms with E-state index in [9.17, 15) is 0 Å². The Kier molecular flexibility index (Phi) is 10.5. The van der Waals surface area contributed by atoms with Crippen LogP contribution in [0.1, 0.15) is 16.8 Å². The van der Waals surface area contributed by atoms with E-state index in [2.05, 4.69) is 38.1 Å². The van der Waals surface area contributed by atoms with Crippen molar-refractivity contribution in [3.05, 3.63) is 27.4 Å². The highest BCUT2D eigenvalue weighted by Gasteiger charge is 2.06. The molecule has 0 saturated carbocycles. The van der Waals surface area contributed by atoms with E-state index in [0.717, 1.165) is 42.8 Å². The second-order valence-electron chi connectivity index (χ2n) is 4.89. The number of guanidine groups is 1. The van der Waals surface area contributed by atoms with Crippen LogP contribution in [0.2, 0.25) is 0 Å². The van der Waals surface area contributed by atoms with Crippen LogP contribution in [0.15, 0.2) is 22.5 Å². The molecule has 0 aliphatic heterocycles. The van der Waals surface area contributed by atoms with Crippen molar-refractivity contribution in [2.24, 2.45) is 4.99 Å². The van der Waals surface area contributed by atoms with Crippen molar-refractivity contribution in [2.45, 2.75) is 20.3 Å². The van der Waals surface area contributed by atoms with Gasteiger partial charge >= 0.3 is 0 Å². The van der Waals surface area contributed by atoms with Crippen molar-refractivity contribution in [1.82, 2.24) is 15.6 Å². The van der Waals surface area contributed by atoms with Crippen LogP contribution in [-0.4, -0.2) is 44.3 Å². The number of aromatic nitrogens is 1. The summed E-state index contributed by atoms with van der Waals surface area (Å²) < 4.78 is 5.30. The predicted octanol–water partition coefficient (Wildman–Crippen LogP) is 3.54. The first-order chi connectivity index (χ1) is 11.2. The molecule has 24 heavy (non-hydrogen) atoms. The van der Waals surface area contributed by atoms with E-state index in [1.165, 1.54) is 9.75 Å². The average molecular weight is 480 g/mol. The molecular weight excluding hydrogens is 455 g/mol. The van der Waals surface area contributed by atoms with E-state index >= 15 is 0 Å². The van der Waals surface area contributed by atoms with Gasteiger partial charge in [0, 0.05) is 37.0 Å². The monoisotopic (exact) mass is 480 g/mol. The fourth-order valence-corrected chi connectivity index (χ4v) is 3.69. The minimum absolute atomic E-state index is 0. The molecule has 134 valence electrons. The number of aliphatic imine (C=N–C) groups is 1. The molecule has 0 atom stereocenters. The van der Waals surface area contributed by atoms with E-state index in [0.29, 0.717) is 6.61 Å². The Morgan fingerprint density at radius 2 is 2.08 bits per heavy atom. The van der Waals surface area contributed by atoms with Gasteiger partial charge < -0.3 is 15.4 Å².